The molecule has 2 aliphatic rings. The lowest BCUT2D eigenvalue weighted by atomic mass is 9.72. The third-order valence-corrected chi connectivity index (χ3v) is 6.53. The molecule has 0 N–H and O–H groups in total. The molecule has 1 spiro atoms. The standard InChI is InChI=1S/C22H29N5O2/c1-18(27-13-4-12-24-27)21(29)25-15-9-22(10-16-25)8-6-20(28)26(17-22)14-7-19-5-2-3-11-23-19/h2-5,11-13,18H,6-10,14-17H2,1H3/t18-/m1/s1. The summed E-state index contributed by atoms with van der Waals surface area (Å²) in [5.74, 6) is 0.375. The predicted molar refractivity (Wildman–Crippen MR) is 109 cm³/mol. The van der Waals surface area contributed by atoms with E-state index in [4.69, 9.17) is 0 Å². The van der Waals surface area contributed by atoms with E-state index in [0.717, 1.165) is 57.6 Å². The number of carbonyl (C=O) groups excluding carboxylic acids is 2. The van der Waals surface area contributed by atoms with E-state index in [1.807, 2.05) is 47.2 Å². The van der Waals surface area contributed by atoms with Crippen LogP contribution in [-0.4, -0.2) is 62.6 Å². The molecule has 0 saturated carbocycles. The van der Waals surface area contributed by atoms with Crippen LogP contribution in [0.2, 0.25) is 0 Å². The minimum atomic E-state index is -0.276. The second-order valence-electron chi connectivity index (χ2n) is 8.37. The lowest BCUT2D eigenvalue weighted by Gasteiger charge is -2.47. The lowest BCUT2D eigenvalue weighted by molar-refractivity contribution is -0.143. The number of piperidine rings is 2. The van der Waals surface area contributed by atoms with E-state index in [1.54, 1.807) is 17.1 Å². The minimum absolute atomic E-state index is 0.127. The molecule has 7 heteroatoms. The van der Waals surface area contributed by atoms with Crippen LogP contribution < -0.4 is 0 Å². The van der Waals surface area contributed by atoms with Crippen LogP contribution >= 0.6 is 0 Å². The molecular formula is C22H29N5O2. The third-order valence-electron chi connectivity index (χ3n) is 6.53. The number of pyridine rings is 1. The molecule has 2 fully saturated rings. The smallest absolute Gasteiger partial charge is 0.247 e. The van der Waals surface area contributed by atoms with Gasteiger partial charge in [0.15, 0.2) is 0 Å². The molecule has 1 atom stereocenters. The Morgan fingerprint density at radius 2 is 2.00 bits per heavy atom. The van der Waals surface area contributed by atoms with Gasteiger partial charge in [-0.05, 0) is 49.8 Å². The van der Waals surface area contributed by atoms with Gasteiger partial charge in [-0.25, -0.2) is 0 Å². The van der Waals surface area contributed by atoms with E-state index in [0.29, 0.717) is 6.42 Å². The highest BCUT2D eigenvalue weighted by molar-refractivity contribution is 5.80. The summed E-state index contributed by atoms with van der Waals surface area (Å²) in [4.78, 5) is 33.7. The average Bonchev–Trinajstić information content (AvgIpc) is 3.30. The minimum Gasteiger partial charge on any atom is -0.342 e. The molecule has 154 valence electrons. The van der Waals surface area contributed by atoms with E-state index < -0.39 is 0 Å². The average molecular weight is 396 g/mol. The van der Waals surface area contributed by atoms with Crippen molar-refractivity contribution >= 4 is 11.8 Å². The topological polar surface area (TPSA) is 71.3 Å². The van der Waals surface area contributed by atoms with Crippen molar-refractivity contribution < 1.29 is 9.59 Å². The number of carbonyl (C=O) groups is 2. The molecule has 0 bridgehead atoms. The van der Waals surface area contributed by atoms with Crippen molar-refractivity contribution in [3.05, 3.63) is 48.5 Å². The van der Waals surface area contributed by atoms with Crippen LogP contribution in [0.1, 0.15) is 44.3 Å². The second-order valence-corrected chi connectivity index (χ2v) is 8.37. The molecule has 0 unspecified atom stereocenters. The molecule has 0 radical (unpaired) electrons. The van der Waals surface area contributed by atoms with Gasteiger partial charge in [-0.15, -0.1) is 0 Å². The van der Waals surface area contributed by atoms with Gasteiger partial charge in [0, 0.05) is 63.3 Å². The second kappa shape index (κ2) is 8.35. The monoisotopic (exact) mass is 395 g/mol. The Kier molecular flexibility index (Phi) is 5.65. The number of nitrogens with zero attached hydrogens (tertiary/aromatic N) is 5. The fourth-order valence-electron chi connectivity index (χ4n) is 4.60. The van der Waals surface area contributed by atoms with Crippen LogP contribution in [0.15, 0.2) is 42.9 Å². The molecule has 4 rings (SSSR count). The van der Waals surface area contributed by atoms with Crippen LogP contribution in [0, 0.1) is 5.41 Å². The number of aromatic nitrogens is 3. The van der Waals surface area contributed by atoms with E-state index in [-0.39, 0.29) is 23.3 Å². The number of amides is 2. The summed E-state index contributed by atoms with van der Waals surface area (Å²) in [5, 5.41) is 4.20. The van der Waals surface area contributed by atoms with E-state index in [9.17, 15) is 9.59 Å². The Morgan fingerprint density at radius 1 is 1.17 bits per heavy atom. The van der Waals surface area contributed by atoms with E-state index >= 15 is 0 Å². The fourth-order valence-corrected chi connectivity index (χ4v) is 4.60. The van der Waals surface area contributed by atoms with Gasteiger partial charge in [-0.3, -0.25) is 19.3 Å². The maximum atomic E-state index is 12.8. The Labute approximate surface area is 171 Å². The molecule has 29 heavy (non-hydrogen) atoms. The van der Waals surface area contributed by atoms with Crippen LogP contribution in [0.4, 0.5) is 0 Å². The van der Waals surface area contributed by atoms with Crippen LogP contribution in [0.25, 0.3) is 0 Å². The molecule has 2 aromatic rings. The summed E-state index contributed by atoms with van der Waals surface area (Å²) in [6.07, 6.45) is 9.58. The van der Waals surface area contributed by atoms with Gasteiger partial charge >= 0.3 is 0 Å². The lowest BCUT2D eigenvalue weighted by Crippen LogP contribution is -2.53. The molecule has 2 aliphatic heterocycles. The van der Waals surface area contributed by atoms with Crippen molar-refractivity contribution in [2.45, 2.75) is 45.1 Å². The van der Waals surface area contributed by atoms with Crippen LogP contribution in [0.3, 0.4) is 0 Å². The Bertz CT molecular complexity index is 828. The summed E-state index contributed by atoms with van der Waals surface area (Å²) < 4.78 is 1.71. The fraction of sp³-hybridized carbons (Fsp3) is 0.545. The molecule has 2 amide bonds. The molecule has 2 aromatic heterocycles. The maximum Gasteiger partial charge on any atom is 0.247 e. The van der Waals surface area contributed by atoms with Gasteiger partial charge in [-0.1, -0.05) is 6.07 Å². The number of hydrogen-bond acceptors (Lipinski definition) is 4. The number of hydrogen-bond donors (Lipinski definition) is 0. The number of rotatable bonds is 5. The first-order chi connectivity index (χ1) is 14.1. The summed E-state index contributed by atoms with van der Waals surface area (Å²) in [5.41, 5.74) is 1.16. The van der Waals surface area contributed by atoms with Crippen molar-refractivity contribution in [2.24, 2.45) is 5.41 Å². The predicted octanol–water partition coefficient (Wildman–Crippen LogP) is 2.31. The van der Waals surface area contributed by atoms with Gasteiger partial charge in [0.2, 0.25) is 11.8 Å². The van der Waals surface area contributed by atoms with Gasteiger partial charge < -0.3 is 9.80 Å². The van der Waals surface area contributed by atoms with Crippen molar-refractivity contribution in [3.8, 4) is 0 Å². The van der Waals surface area contributed by atoms with Gasteiger partial charge in [0.05, 0.1) is 0 Å². The molecule has 0 aliphatic carbocycles. The largest absolute Gasteiger partial charge is 0.342 e. The van der Waals surface area contributed by atoms with Gasteiger partial charge in [0.25, 0.3) is 0 Å². The van der Waals surface area contributed by atoms with Crippen molar-refractivity contribution in [3.63, 3.8) is 0 Å². The third kappa shape index (κ3) is 4.33. The Morgan fingerprint density at radius 3 is 2.69 bits per heavy atom. The highest BCUT2D eigenvalue weighted by atomic mass is 16.2. The molecule has 0 aromatic carbocycles. The molecule has 2 saturated heterocycles. The Balaban J connectivity index is 1.33. The van der Waals surface area contributed by atoms with Crippen LogP contribution in [-0.2, 0) is 16.0 Å². The zero-order chi connectivity index (χ0) is 20.3. The highest BCUT2D eigenvalue weighted by Crippen LogP contribution is 2.40. The first-order valence-corrected chi connectivity index (χ1v) is 10.5. The summed E-state index contributed by atoms with van der Waals surface area (Å²) in [7, 11) is 0. The number of likely N-dealkylation sites (tertiary alicyclic amines) is 2. The van der Waals surface area contributed by atoms with E-state index in [2.05, 4.69) is 10.1 Å². The quantitative estimate of drug-likeness (QED) is 0.779. The summed E-state index contributed by atoms with van der Waals surface area (Å²) in [6.45, 7) is 4.93. The van der Waals surface area contributed by atoms with Gasteiger partial charge in [0.1, 0.15) is 6.04 Å². The molecule has 7 nitrogen and oxygen atoms in total. The zero-order valence-electron chi connectivity index (χ0n) is 17.0. The highest BCUT2D eigenvalue weighted by Gasteiger charge is 2.42. The molecule has 4 heterocycles. The maximum absolute atomic E-state index is 12.8. The van der Waals surface area contributed by atoms with Crippen molar-refractivity contribution in [2.75, 3.05) is 26.2 Å². The van der Waals surface area contributed by atoms with Gasteiger partial charge in [-0.2, -0.15) is 5.10 Å². The first-order valence-electron chi connectivity index (χ1n) is 10.5. The van der Waals surface area contributed by atoms with Crippen molar-refractivity contribution in [1.82, 2.24) is 24.6 Å². The SMILES string of the molecule is C[C@H](C(=O)N1CCC2(CCC(=O)N(CCc3ccccn3)C2)CC1)n1cccn1. The van der Waals surface area contributed by atoms with Crippen molar-refractivity contribution in [1.29, 1.82) is 0 Å². The zero-order valence-corrected chi connectivity index (χ0v) is 17.0. The molecular weight excluding hydrogens is 366 g/mol. The van der Waals surface area contributed by atoms with Crippen LogP contribution in [0.5, 0.6) is 0 Å². The normalized spacial score (nSPS) is 20.1. The summed E-state index contributed by atoms with van der Waals surface area (Å²) in [6, 6.07) is 7.47. The van der Waals surface area contributed by atoms with E-state index in [1.165, 1.54) is 0 Å². The first kappa shape index (κ1) is 19.6. The summed E-state index contributed by atoms with van der Waals surface area (Å²) >= 11 is 0. The Hall–Kier alpha value is -2.70.